The molecular formula is C26H29BrN2O3S. The van der Waals surface area contributed by atoms with Gasteiger partial charge in [0.25, 0.3) is 10.0 Å². The summed E-state index contributed by atoms with van der Waals surface area (Å²) in [4.78, 5) is 2.74. The van der Waals surface area contributed by atoms with Crippen LogP contribution in [-0.4, -0.2) is 44.0 Å². The van der Waals surface area contributed by atoms with Gasteiger partial charge in [-0.2, -0.15) is 0 Å². The van der Waals surface area contributed by atoms with Crippen LogP contribution in [0.15, 0.2) is 45.4 Å². The fourth-order valence-electron chi connectivity index (χ4n) is 5.85. The maximum atomic E-state index is 14.2. The minimum atomic E-state index is -3.86. The molecule has 2 atom stereocenters. The third-order valence-corrected chi connectivity index (χ3v) is 10.5. The molecule has 3 aromatic rings. The van der Waals surface area contributed by atoms with Gasteiger partial charge in [-0.25, -0.2) is 12.4 Å². The zero-order valence-electron chi connectivity index (χ0n) is 19.9. The van der Waals surface area contributed by atoms with Crippen LogP contribution in [-0.2, 0) is 16.4 Å². The topological polar surface area (TPSA) is 51.5 Å². The zero-order valence-corrected chi connectivity index (χ0v) is 22.3. The number of rotatable bonds is 3. The van der Waals surface area contributed by atoms with Crippen molar-refractivity contribution >= 4 is 36.9 Å². The van der Waals surface area contributed by atoms with Crippen LogP contribution in [0.1, 0.15) is 40.7 Å². The molecule has 0 spiro atoms. The standard InChI is InChI=1S/C26H29BrN2O3S/c1-14-10-19-18-8-7-9-21-24(18)20(12-22(19)28(5)13-14)26(27)29(21)33(30,31)25-15(2)11-23(32-6)16(3)17(25)4/h7-11,19,22H,12-13H2,1-6H3/t19-,22-/m1/s1. The van der Waals surface area contributed by atoms with Crippen molar-refractivity contribution < 1.29 is 13.2 Å². The number of hydrogen-bond acceptors (Lipinski definition) is 4. The van der Waals surface area contributed by atoms with E-state index in [4.69, 9.17) is 4.74 Å². The van der Waals surface area contributed by atoms with Crippen molar-refractivity contribution in [3.8, 4) is 5.75 Å². The predicted octanol–water partition coefficient (Wildman–Crippen LogP) is 5.47. The molecule has 2 aromatic carbocycles. The van der Waals surface area contributed by atoms with E-state index >= 15 is 0 Å². The lowest BCUT2D eigenvalue weighted by Gasteiger charge is -2.40. The molecule has 0 fully saturated rings. The Morgan fingerprint density at radius 3 is 2.55 bits per heavy atom. The average molecular weight is 530 g/mol. The maximum Gasteiger partial charge on any atom is 0.269 e. The summed E-state index contributed by atoms with van der Waals surface area (Å²) < 4.78 is 36.1. The Hall–Kier alpha value is -2.09. The molecule has 0 saturated heterocycles. The van der Waals surface area contributed by atoms with Gasteiger partial charge in [0.15, 0.2) is 0 Å². The number of benzene rings is 2. The Morgan fingerprint density at radius 2 is 1.85 bits per heavy atom. The second kappa shape index (κ2) is 7.72. The highest BCUT2D eigenvalue weighted by molar-refractivity contribution is 9.10. The SMILES string of the molecule is COc1cc(C)c(S(=O)(=O)n2c(Br)c3c4c(cccc42)[C@H]2C=C(C)CN(C)[C@@H]2C3)c(C)c1C. The molecule has 0 bridgehead atoms. The van der Waals surface area contributed by atoms with Gasteiger partial charge in [-0.1, -0.05) is 23.8 Å². The lowest BCUT2D eigenvalue weighted by molar-refractivity contribution is 0.224. The van der Waals surface area contributed by atoms with Crippen molar-refractivity contribution in [3.63, 3.8) is 0 Å². The minimum absolute atomic E-state index is 0.261. The van der Waals surface area contributed by atoms with Gasteiger partial charge in [0.2, 0.25) is 0 Å². The number of aromatic nitrogens is 1. The van der Waals surface area contributed by atoms with Gasteiger partial charge in [0, 0.05) is 23.9 Å². The highest BCUT2D eigenvalue weighted by Crippen LogP contribution is 2.47. The zero-order chi connectivity index (χ0) is 23.8. The Bertz CT molecular complexity index is 1450. The summed E-state index contributed by atoms with van der Waals surface area (Å²) in [5, 5.41) is 1.06. The van der Waals surface area contributed by atoms with Crippen LogP contribution < -0.4 is 4.74 Å². The van der Waals surface area contributed by atoms with Crippen molar-refractivity contribution in [1.82, 2.24) is 8.87 Å². The second-order valence-corrected chi connectivity index (χ2v) is 12.0. The van der Waals surface area contributed by atoms with E-state index in [1.165, 1.54) is 15.1 Å². The highest BCUT2D eigenvalue weighted by Gasteiger charge is 2.39. The molecule has 0 unspecified atom stereocenters. The summed E-state index contributed by atoms with van der Waals surface area (Å²) in [6.45, 7) is 8.71. The van der Waals surface area contributed by atoms with E-state index in [1.54, 1.807) is 7.11 Å². The molecule has 174 valence electrons. The second-order valence-electron chi connectivity index (χ2n) is 9.48. The molecule has 0 amide bonds. The average Bonchev–Trinajstić information content (AvgIpc) is 3.04. The number of methoxy groups -OCH3 is 1. The summed E-state index contributed by atoms with van der Waals surface area (Å²) >= 11 is 3.73. The first-order chi connectivity index (χ1) is 15.6. The molecule has 1 aliphatic carbocycles. The quantitative estimate of drug-likeness (QED) is 0.422. The fourth-order valence-corrected chi connectivity index (χ4v) is 8.90. The number of hydrogen-bond donors (Lipinski definition) is 0. The predicted molar refractivity (Wildman–Crippen MR) is 136 cm³/mol. The summed E-state index contributed by atoms with van der Waals surface area (Å²) in [6, 6.07) is 8.20. The van der Waals surface area contributed by atoms with Crippen LogP contribution in [0.2, 0.25) is 0 Å². The monoisotopic (exact) mass is 528 g/mol. The molecule has 2 heterocycles. The van der Waals surface area contributed by atoms with Crippen molar-refractivity contribution in [2.45, 2.75) is 51.0 Å². The van der Waals surface area contributed by atoms with E-state index in [1.807, 2.05) is 39.0 Å². The molecule has 5 nitrogen and oxygen atoms in total. The molecule has 0 N–H and O–H groups in total. The molecule has 1 aromatic heterocycles. The van der Waals surface area contributed by atoms with Gasteiger partial charge in [0.05, 0.1) is 17.5 Å². The van der Waals surface area contributed by atoms with E-state index in [9.17, 15) is 8.42 Å². The first-order valence-corrected chi connectivity index (χ1v) is 13.4. The van der Waals surface area contributed by atoms with Crippen LogP contribution in [0.4, 0.5) is 0 Å². The van der Waals surface area contributed by atoms with E-state index in [0.29, 0.717) is 26.9 Å². The van der Waals surface area contributed by atoms with E-state index < -0.39 is 10.0 Å². The Labute approximate surface area is 204 Å². The molecule has 0 radical (unpaired) electrons. The number of ether oxygens (including phenoxy) is 1. The molecule has 1 aliphatic heterocycles. The van der Waals surface area contributed by atoms with Gasteiger partial charge < -0.3 is 4.74 Å². The Balaban J connectivity index is 1.80. The van der Waals surface area contributed by atoms with Gasteiger partial charge in [-0.3, -0.25) is 4.90 Å². The van der Waals surface area contributed by atoms with E-state index in [-0.39, 0.29) is 5.92 Å². The van der Waals surface area contributed by atoms with Crippen LogP contribution in [0, 0.1) is 20.8 Å². The number of fused-ring (bicyclic) bond motifs is 2. The van der Waals surface area contributed by atoms with Crippen LogP contribution in [0.5, 0.6) is 5.75 Å². The number of nitrogens with zero attached hydrogens (tertiary/aromatic N) is 2. The summed E-state index contributed by atoms with van der Waals surface area (Å²) in [5.41, 5.74) is 6.62. The van der Waals surface area contributed by atoms with Crippen molar-refractivity contribution in [2.75, 3.05) is 20.7 Å². The van der Waals surface area contributed by atoms with Crippen molar-refractivity contribution in [3.05, 3.63) is 68.3 Å². The van der Waals surface area contributed by atoms with E-state index in [2.05, 4.69) is 46.9 Å². The molecule has 5 rings (SSSR count). The lowest BCUT2D eigenvalue weighted by Crippen LogP contribution is -2.43. The third-order valence-electron chi connectivity index (χ3n) is 7.44. The van der Waals surface area contributed by atoms with E-state index in [0.717, 1.165) is 40.6 Å². The molecule has 2 aliphatic rings. The number of likely N-dealkylation sites (N-methyl/N-ethyl adjacent to an activating group) is 1. The number of halogens is 1. The van der Waals surface area contributed by atoms with Gasteiger partial charge in [-0.15, -0.1) is 0 Å². The molecule has 33 heavy (non-hydrogen) atoms. The van der Waals surface area contributed by atoms with Crippen LogP contribution in [0.3, 0.4) is 0 Å². The molecular weight excluding hydrogens is 500 g/mol. The van der Waals surface area contributed by atoms with Crippen molar-refractivity contribution in [2.24, 2.45) is 0 Å². The van der Waals surface area contributed by atoms with Crippen molar-refractivity contribution in [1.29, 1.82) is 0 Å². The lowest BCUT2D eigenvalue weighted by atomic mass is 9.77. The van der Waals surface area contributed by atoms with Gasteiger partial charge in [0.1, 0.15) is 10.4 Å². The number of aryl methyl sites for hydroxylation is 1. The Morgan fingerprint density at radius 1 is 1.12 bits per heavy atom. The van der Waals surface area contributed by atoms with Gasteiger partial charge in [-0.05, 0) is 97.0 Å². The minimum Gasteiger partial charge on any atom is -0.496 e. The van der Waals surface area contributed by atoms with Gasteiger partial charge >= 0.3 is 0 Å². The molecule has 0 saturated carbocycles. The summed E-state index contributed by atoms with van der Waals surface area (Å²) in [5.74, 6) is 0.965. The summed E-state index contributed by atoms with van der Waals surface area (Å²) in [7, 11) is -0.0822. The fraction of sp³-hybridized carbons (Fsp3) is 0.385. The maximum absolute atomic E-state index is 14.2. The normalized spacial score (nSPS) is 20.6. The van der Waals surface area contributed by atoms with Crippen LogP contribution >= 0.6 is 15.9 Å². The third kappa shape index (κ3) is 3.16. The van der Waals surface area contributed by atoms with Crippen LogP contribution in [0.25, 0.3) is 10.9 Å². The Kier molecular flexibility index (Phi) is 5.31. The summed E-state index contributed by atoms with van der Waals surface area (Å²) in [6.07, 6.45) is 3.17. The largest absolute Gasteiger partial charge is 0.496 e. The smallest absolute Gasteiger partial charge is 0.269 e. The first-order valence-electron chi connectivity index (χ1n) is 11.2. The molecule has 7 heteroatoms. The first kappa shape index (κ1) is 22.7. The highest BCUT2D eigenvalue weighted by atomic mass is 79.9.